The van der Waals surface area contributed by atoms with Crippen LogP contribution < -0.4 is 0 Å². The topological polar surface area (TPSA) is 0 Å². The molecule has 5 atom stereocenters. The van der Waals surface area contributed by atoms with E-state index in [0.29, 0.717) is 11.3 Å². The summed E-state index contributed by atoms with van der Waals surface area (Å²) in [7, 11) is 0. The predicted molar refractivity (Wildman–Crippen MR) is 57.9 cm³/mol. The molecule has 0 amide bonds. The van der Waals surface area contributed by atoms with Crippen molar-refractivity contribution in [3.63, 3.8) is 0 Å². The highest BCUT2D eigenvalue weighted by atomic mass is 19.1. The zero-order chi connectivity index (χ0) is 10.3. The zero-order valence-corrected chi connectivity index (χ0v) is 9.72. The predicted octanol–water partition coefficient (Wildman–Crippen LogP) is 4.20. The van der Waals surface area contributed by atoms with Crippen molar-refractivity contribution in [3.05, 3.63) is 0 Å². The third-order valence-corrected chi connectivity index (χ3v) is 5.26. The fraction of sp³-hybridized carbons (Fsp3) is 1.00. The lowest BCUT2D eigenvalue weighted by molar-refractivity contribution is 0.119. The maximum Gasteiger partial charge on any atom is 0.103 e. The molecule has 0 aromatic rings. The van der Waals surface area contributed by atoms with Gasteiger partial charge in [0.05, 0.1) is 0 Å². The van der Waals surface area contributed by atoms with Crippen LogP contribution in [0, 0.1) is 23.2 Å². The van der Waals surface area contributed by atoms with E-state index in [9.17, 15) is 4.39 Å². The molecule has 1 heteroatoms. The number of hydrogen-bond donors (Lipinski definition) is 0. The van der Waals surface area contributed by atoms with Crippen LogP contribution in [0.2, 0.25) is 0 Å². The number of fused-ring (bicyclic) bond motifs is 2. The monoisotopic (exact) mass is 198 g/mol. The van der Waals surface area contributed by atoms with Gasteiger partial charge in [-0.3, -0.25) is 0 Å². The molecule has 0 aromatic carbocycles. The first-order chi connectivity index (χ1) is 6.58. The molecule has 2 fully saturated rings. The van der Waals surface area contributed by atoms with Gasteiger partial charge in [-0.15, -0.1) is 0 Å². The number of rotatable bonds is 1. The Morgan fingerprint density at radius 1 is 1.21 bits per heavy atom. The average Bonchev–Trinajstić information content (AvgIpc) is 2.57. The summed E-state index contributed by atoms with van der Waals surface area (Å²) < 4.78 is 14.0. The molecule has 2 bridgehead atoms. The van der Waals surface area contributed by atoms with Crippen molar-refractivity contribution in [1.29, 1.82) is 0 Å². The molecule has 2 unspecified atom stereocenters. The number of alkyl halides is 1. The molecule has 0 nitrogen and oxygen atoms in total. The molecule has 2 aliphatic rings. The normalized spacial score (nSPS) is 53.1. The van der Waals surface area contributed by atoms with E-state index in [1.54, 1.807) is 0 Å². The molecule has 0 heterocycles. The molecule has 0 saturated heterocycles. The van der Waals surface area contributed by atoms with Gasteiger partial charge in [-0.05, 0) is 48.9 Å². The van der Waals surface area contributed by atoms with Crippen molar-refractivity contribution < 1.29 is 4.39 Å². The van der Waals surface area contributed by atoms with Crippen molar-refractivity contribution in [2.45, 2.75) is 59.0 Å². The first kappa shape index (κ1) is 10.4. The fourth-order valence-electron chi connectivity index (χ4n) is 3.71. The summed E-state index contributed by atoms with van der Waals surface area (Å²) >= 11 is 0. The van der Waals surface area contributed by atoms with Crippen molar-refractivity contribution in [2.24, 2.45) is 23.2 Å². The summed E-state index contributed by atoms with van der Waals surface area (Å²) in [5.41, 5.74) is 0.378. The quantitative estimate of drug-likeness (QED) is 0.592. The van der Waals surface area contributed by atoms with Gasteiger partial charge in [-0.1, -0.05) is 27.2 Å². The van der Waals surface area contributed by atoms with Crippen LogP contribution in [-0.4, -0.2) is 6.17 Å². The van der Waals surface area contributed by atoms with Gasteiger partial charge in [0.2, 0.25) is 0 Å². The third-order valence-electron chi connectivity index (χ3n) is 5.26. The second kappa shape index (κ2) is 3.50. The van der Waals surface area contributed by atoms with Gasteiger partial charge in [-0.2, -0.15) is 0 Å². The molecule has 0 aliphatic heterocycles. The molecule has 0 radical (unpaired) electrons. The number of hydrogen-bond acceptors (Lipinski definition) is 0. The largest absolute Gasteiger partial charge is 0.247 e. The maximum atomic E-state index is 14.0. The van der Waals surface area contributed by atoms with Gasteiger partial charge >= 0.3 is 0 Å². The van der Waals surface area contributed by atoms with Gasteiger partial charge in [0.1, 0.15) is 6.17 Å². The highest BCUT2D eigenvalue weighted by Crippen LogP contribution is 2.55. The lowest BCUT2D eigenvalue weighted by Gasteiger charge is -2.30. The highest BCUT2D eigenvalue weighted by molar-refractivity contribution is 4.97. The van der Waals surface area contributed by atoms with Crippen LogP contribution in [0.1, 0.15) is 52.9 Å². The standard InChI is InChI=1S/C13H23F/c1-4-13-6-5-11(7-13)9(2)10(3)12(14)8-13/h9-12H,4-8H2,1-3H3/t9?,10-,11?,12-,13-/m1/s1. The molecular formula is C13H23F. The minimum Gasteiger partial charge on any atom is -0.247 e. The zero-order valence-electron chi connectivity index (χ0n) is 9.72. The summed E-state index contributed by atoms with van der Waals surface area (Å²) in [5.74, 6) is 1.69. The van der Waals surface area contributed by atoms with Gasteiger partial charge in [0.15, 0.2) is 0 Å². The summed E-state index contributed by atoms with van der Waals surface area (Å²) in [6.07, 6.45) is 5.41. The van der Waals surface area contributed by atoms with Crippen LogP contribution >= 0.6 is 0 Å². The van der Waals surface area contributed by atoms with E-state index in [2.05, 4.69) is 20.8 Å². The molecule has 2 aliphatic carbocycles. The van der Waals surface area contributed by atoms with Crippen LogP contribution in [0.3, 0.4) is 0 Å². The maximum absolute atomic E-state index is 14.0. The molecule has 0 N–H and O–H groups in total. The Balaban J connectivity index is 2.21. The van der Waals surface area contributed by atoms with Crippen LogP contribution in [0.4, 0.5) is 4.39 Å². The Hall–Kier alpha value is -0.0700. The lowest BCUT2D eigenvalue weighted by atomic mass is 9.77. The molecule has 82 valence electrons. The average molecular weight is 198 g/mol. The van der Waals surface area contributed by atoms with Crippen molar-refractivity contribution in [3.8, 4) is 0 Å². The summed E-state index contributed by atoms with van der Waals surface area (Å²) in [6.45, 7) is 6.62. The first-order valence-electron chi connectivity index (χ1n) is 6.22. The van der Waals surface area contributed by atoms with Gasteiger partial charge in [0.25, 0.3) is 0 Å². The van der Waals surface area contributed by atoms with E-state index >= 15 is 0 Å². The van der Waals surface area contributed by atoms with E-state index < -0.39 is 6.17 Å². The molecule has 2 saturated carbocycles. The van der Waals surface area contributed by atoms with Gasteiger partial charge in [-0.25, -0.2) is 4.39 Å². The van der Waals surface area contributed by atoms with Gasteiger partial charge in [0, 0.05) is 0 Å². The SMILES string of the molecule is CC[C@@]12CCC(C1)C(C)[C@@H](C)[C@H](F)C2. The third kappa shape index (κ3) is 1.49. The van der Waals surface area contributed by atoms with Crippen LogP contribution in [0.15, 0.2) is 0 Å². The molecule has 14 heavy (non-hydrogen) atoms. The smallest absolute Gasteiger partial charge is 0.103 e. The van der Waals surface area contributed by atoms with E-state index in [1.165, 1.54) is 25.7 Å². The minimum atomic E-state index is -0.546. The first-order valence-corrected chi connectivity index (χ1v) is 6.22. The molecular weight excluding hydrogens is 175 g/mol. The van der Waals surface area contributed by atoms with Crippen molar-refractivity contribution >= 4 is 0 Å². The van der Waals surface area contributed by atoms with Crippen LogP contribution in [0.25, 0.3) is 0 Å². The van der Waals surface area contributed by atoms with E-state index in [0.717, 1.165) is 12.3 Å². The Morgan fingerprint density at radius 2 is 1.93 bits per heavy atom. The molecule has 0 aromatic heterocycles. The second-order valence-corrected chi connectivity index (χ2v) is 5.79. The Kier molecular flexibility index (Phi) is 2.61. The van der Waals surface area contributed by atoms with Crippen LogP contribution in [-0.2, 0) is 0 Å². The van der Waals surface area contributed by atoms with E-state index in [-0.39, 0.29) is 5.92 Å². The minimum absolute atomic E-state index is 0.286. The summed E-state index contributed by atoms with van der Waals surface area (Å²) in [4.78, 5) is 0. The van der Waals surface area contributed by atoms with E-state index in [1.807, 2.05) is 0 Å². The van der Waals surface area contributed by atoms with Crippen molar-refractivity contribution in [2.75, 3.05) is 0 Å². The Labute approximate surface area is 87.3 Å². The lowest BCUT2D eigenvalue weighted by Crippen LogP contribution is -2.26. The van der Waals surface area contributed by atoms with Crippen molar-refractivity contribution in [1.82, 2.24) is 0 Å². The highest BCUT2D eigenvalue weighted by Gasteiger charge is 2.47. The molecule has 2 rings (SSSR count). The fourth-order valence-corrected chi connectivity index (χ4v) is 3.71. The van der Waals surface area contributed by atoms with E-state index in [4.69, 9.17) is 0 Å². The second-order valence-electron chi connectivity index (χ2n) is 5.79. The summed E-state index contributed by atoms with van der Waals surface area (Å²) in [5, 5.41) is 0. The Morgan fingerprint density at radius 3 is 2.57 bits per heavy atom. The summed E-state index contributed by atoms with van der Waals surface area (Å²) in [6, 6.07) is 0. The van der Waals surface area contributed by atoms with Gasteiger partial charge < -0.3 is 0 Å². The molecule has 0 spiro atoms. The number of halogens is 1. The van der Waals surface area contributed by atoms with Crippen LogP contribution in [0.5, 0.6) is 0 Å². The Bertz CT molecular complexity index is 213.